The van der Waals surface area contributed by atoms with Crippen molar-refractivity contribution in [1.29, 1.82) is 5.26 Å². The number of alkyl halides is 2. The molecule has 186 valence electrons. The highest BCUT2D eigenvalue weighted by atomic mass is 32.2. The minimum absolute atomic E-state index is 0.0613. The van der Waals surface area contributed by atoms with Gasteiger partial charge in [0.05, 0.1) is 35.5 Å². The largest absolute Gasteiger partial charge is 0.432 e. The highest BCUT2D eigenvalue weighted by molar-refractivity contribution is 7.89. The molecule has 9 nitrogen and oxygen atoms in total. The average molecular weight is 517 g/mol. The van der Waals surface area contributed by atoms with Crippen LogP contribution in [0.2, 0.25) is 0 Å². The molecule has 0 spiro atoms. The molecule has 0 radical (unpaired) electrons. The molecule has 2 N–H and O–H groups in total. The number of carbonyl (C=O) groups is 1. The van der Waals surface area contributed by atoms with Crippen LogP contribution in [0.25, 0.3) is 11.1 Å². The van der Waals surface area contributed by atoms with Crippen molar-refractivity contribution in [2.45, 2.75) is 25.4 Å². The van der Waals surface area contributed by atoms with Crippen molar-refractivity contribution in [3.63, 3.8) is 0 Å². The lowest BCUT2D eigenvalue weighted by Crippen LogP contribution is -2.31. The van der Waals surface area contributed by atoms with Crippen LogP contribution >= 0.6 is 0 Å². The van der Waals surface area contributed by atoms with E-state index in [2.05, 4.69) is 15.3 Å². The SMILES string of the molecule is CS(=O)(=O)NC(=O)c1nc(C2CC2)cnc1Nc1cc(F)cc(-c2ccc(C#N)cc2)c1OC(F)F. The number of nitriles is 1. The van der Waals surface area contributed by atoms with Crippen molar-refractivity contribution in [3.05, 3.63) is 65.4 Å². The van der Waals surface area contributed by atoms with Gasteiger partial charge in [0.25, 0.3) is 5.91 Å². The van der Waals surface area contributed by atoms with Crippen molar-refractivity contribution in [2.75, 3.05) is 11.6 Å². The van der Waals surface area contributed by atoms with Gasteiger partial charge in [0.15, 0.2) is 17.3 Å². The molecule has 0 bridgehead atoms. The lowest BCUT2D eigenvalue weighted by atomic mass is 10.0. The van der Waals surface area contributed by atoms with Crippen LogP contribution in [0.5, 0.6) is 5.75 Å². The molecular formula is C23H18F3N5O4S. The molecule has 0 unspecified atom stereocenters. The summed E-state index contributed by atoms with van der Waals surface area (Å²) in [6.45, 7) is -3.29. The van der Waals surface area contributed by atoms with Gasteiger partial charge in [-0.15, -0.1) is 0 Å². The minimum Gasteiger partial charge on any atom is -0.432 e. The smallest absolute Gasteiger partial charge is 0.387 e. The number of amides is 1. The van der Waals surface area contributed by atoms with E-state index >= 15 is 0 Å². The Morgan fingerprint density at radius 1 is 1.22 bits per heavy atom. The van der Waals surface area contributed by atoms with Gasteiger partial charge < -0.3 is 10.1 Å². The Morgan fingerprint density at radius 3 is 2.50 bits per heavy atom. The average Bonchev–Trinajstić information content (AvgIpc) is 3.65. The molecule has 2 aromatic carbocycles. The minimum atomic E-state index is -3.96. The Labute approximate surface area is 204 Å². The van der Waals surface area contributed by atoms with E-state index in [1.54, 1.807) is 4.72 Å². The molecule has 3 aromatic rings. The predicted molar refractivity (Wildman–Crippen MR) is 123 cm³/mol. The highest BCUT2D eigenvalue weighted by Gasteiger charge is 2.29. The van der Waals surface area contributed by atoms with Gasteiger partial charge in [-0.2, -0.15) is 14.0 Å². The molecule has 1 amide bonds. The fourth-order valence-corrected chi connectivity index (χ4v) is 3.85. The summed E-state index contributed by atoms with van der Waals surface area (Å²) in [5.41, 5.74) is 0.246. The van der Waals surface area contributed by atoms with Crippen LogP contribution < -0.4 is 14.8 Å². The van der Waals surface area contributed by atoms with Gasteiger partial charge in [0.1, 0.15) is 5.82 Å². The zero-order valence-corrected chi connectivity index (χ0v) is 19.4. The zero-order valence-electron chi connectivity index (χ0n) is 18.6. The Hall–Kier alpha value is -4.18. The maximum absolute atomic E-state index is 14.6. The first-order valence-electron chi connectivity index (χ1n) is 10.5. The van der Waals surface area contributed by atoms with Crippen molar-refractivity contribution in [3.8, 4) is 22.9 Å². The molecular weight excluding hydrogens is 499 g/mol. The number of sulfonamides is 1. The quantitative estimate of drug-likeness (QED) is 0.457. The van der Waals surface area contributed by atoms with Crippen LogP contribution in [0.15, 0.2) is 42.6 Å². The van der Waals surface area contributed by atoms with Crippen LogP contribution in [-0.4, -0.2) is 37.2 Å². The third-order valence-electron chi connectivity index (χ3n) is 5.12. The van der Waals surface area contributed by atoms with Crippen molar-refractivity contribution in [1.82, 2.24) is 14.7 Å². The number of aromatic nitrogens is 2. The number of nitrogens with zero attached hydrogens (tertiary/aromatic N) is 3. The van der Waals surface area contributed by atoms with Gasteiger partial charge in [-0.3, -0.25) is 4.79 Å². The molecule has 0 saturated heterocycles. The molecule has 1 aliphatic carbocycles. The van der Waals surface area contributed by atoms with Crippen molar-refractivity contribution >= 4 is 27.4 Å². The Bertz CT molecular complexity index is 1470. The normalized spacial score (nSPS) is 13.2. The summed E-state index contributed by atoms with van der Waals surface area (Å²) >= 11 is 0. The number of hydrogen-bond acceptors (Lipinski definition) is 8. The summed E-state index contributed by atoms with van der Waals surface area (Å²) in [4.78, 5) is 21.0. The number of anilines is 2. The van der Waals surface area contributed by atoms with Gasteiger partial charge in [0, 0.05) is 17.5 Å². The maximum atomic E-state index is 14.6. The first-order chi connectivity index (χ1) is 17.0. The van der Waals surface area contributed by atoms with Crippen LogP contribution in [0.1, 0.15) is 40.5 Å². The van der Waals surface area contributed by atoms with Crippen LogP contribution in [0.3, 0.4) is 0 Å². The van der Waals surface area contributed by atoms with E-state index in [0.717, 1.165) is 31.2 Å². The number of nitrogens with one attached hydrogen (secondary N) is 2. The molecule has 1 aromatic heterocycles. The number of hydrogen-bond donors (Lipinski definition) is 2. The molecule has 1 fully saturated rings. The zero-order chi connectivity index (χ0) is 26.0. The lowest BCUT2D eigenvalue weighted by Gasteiger charge is -2.18. The van der Waals surface area contributed by atoms with E-state index in [1.807, 2.05) is 6.07 Å². The fourth-order valence-electron chi connectivity index (χ4n) is 3.41. The molecule has 0 atom stereocenters. The highest BCUT2D eigenvalue weighted by Crippen LogP contribution is 2.41. The van der Waals surface area contributed by atoms with Crippen LogP contribution in [0.4, 0.5) is 24.7 Å². The monoisotopic (exact) mass is 517 g/mol. The first-order valence-corrected chi connectivity index (χ1v) is 12.4. The molecule has 36 heavy (non-hydrogen) atoms. The number of ether oxygens (including phenoxy) is 1. The van der Waals surface area contributed by atoms with Gasteiger partial charge >= 0.3 is 6.61 Å². The van der Waals surface area contributed by atoms with Gasteiger partial charge in [-0.25, -0.2) is 27.5 Å². The maximum Gasteiger partial charge on any atom is 0.387 e. The predicted octanol–water partition coefficient (Wildman–Crippen LogP) is 4.07. The summed E-state index contributed by atoms with van der Waals surface area (Å²) < 4.78 is 71.0. The summed E-state index contributed by atoms with van der Waals surface area (Å²) in [6.07, 6.45) is 3.78. The number of rotatable bonds is 8. The standard InChI is InChI=1S/C23H18F3N5O4S/c1-36(33,34)31-22(32)19-21(28-11-18(29-19)14-6-7-14)30-17-9-15(24)8-16(20(17)35-23(25)26)13-4-2-12(10-27)3-5-13/h2-5,8-9,11,14,23H,6-7H2,1H3,(H,28,30)(H,31,32). The Morgan fingerprint density at radius 2 is 1.92 bits per heavy atom. The molecule has 13 heteroatoms. The summed E-state index contributed by atoms with van der Waals surface area (Å²) in [6, 6.07) is 9.48. The number of halogens is 3. The van der Waals surface area contributed by atoms with E-state index in [4.69, 9.17) is 10.00 Å². The third-order valence-corrected chi connectivity index (χ3v) is 5.67. The fraction of sp³-hybridized carbons (Fsp3) is 0.217. The topological polar surface area (TPSA) is 134 Å². The van der Waals surface area contributed by atoms with Crippen LogP contribution in [0, 0.1) is 17.1 Å². The second-order valence-electron chi connectivity index (χ2n) is 7.99. The van der Waals surface area contributed by atoms with Gasteiger partial charge in [-0.1, -0.05) is 12.1 Å². The Balaban J connectivity index is 1.82. The summed E-state index contributed by atoms with van der Waals surface area (Å²) in [5.74, 6) is -2.63. The van der Waals surface area contributed by atoms with Crippen molar-refractivity contribution < 1.29 is 31.1 Å². The molecule has 1 saturated carbocycles. The van der Waals surface area contributed by atoms with Gasteiger partial charge in [0.2, 0.25) is 10.0 Å². The molecule has 1 heterocycles. The van der Waals surface area contributed by atoms with E-state index in [9.17, 15) is 26.4 Å². The second-order valence-corrected chi connectivity index (χ2v) is 9.74. The van der Waals surface area contributed by atoms with Crippen molar-refractivity contribution in [2.24, 2.45) is 0 Å². The first kappa shape index (κ1) is 24.9. The molecule has 1 aliphatic rings. The third kappa shape index (κ3) is 5.89. The Kier molecular flexibility index (Phi) is 6.80. The lowest BCUT2D eigenvalue weighted by molar-refractivity contribution is -0.0490. The molecule has 0 aliphatic heterocycles. The summed E-state index contributed by atoms with van der Waals surface area (Å²) in [7, 11) is -3.96. The summed E-state index contributed by atoms with van der Waals surface area (Å²) in [5, 5.41) is 11.6. The molecule has 4 rings (SSSR count). The number of benzene rings is 2. The van der Waals surface area contributed by atoms with E-state index < -0.39 is 39.8 Å². The number of carbonyl (C=O) groups excluding carboxylic acids is 1. The van der Waals surface area contributed by atoms with E-state index in [1.165, 1.54) is 30.5 Å². The van der Waals surface area contributed by atoms with E-state index in [0.29, 0.717) is 11.3 Å². The van der Waals surface area contributed by atoms with Crippen LogP contribution in [-0.2, 0) is 10.0 Å². The second kappa shape index (κ2) is 9.82. The van der Waals surface area contributed by atoms with Gasteiger partial charge in [-0.05, 0) is 36.6 Å². The van der Waals surface area contributed by atoms with E-state index in [-0.39, 0.29) is 28.6 Å².